The van der Waals surface area contributed by atoms with E-state index >= 15 is 0 Å². The third kappa shape index (κ3) is 4.24. The van der Waals surface area contributed by atoms with Gasteiger partial charge in [0, 0.05) is 38.6 Å². The molecule has 3 rings (SSSR count). The smallest absolute Gasteiger partial charge is 0.409 e. The minimum absolute atomic E-state index is 0.202. The third-order valence-corrected chi connectivity index (χ3v) is 5.06. The number of piperidine rings is 1. The van der Waals surface area contributed by atoms with Gasteiger partial charge in [0.2, 0.25) is 0 Å². The van der Waals surface area contributed by atoms with Crippen molar-refractivity contribution in [2.75, 3.05) is 33.3 Å². The van der Waals surface area contributed by atoms with Crippen molar-refractivity contribution in [3.8, 4) is 0 Å². The lowest BCUT2D eigenvalue weighted by molar-refractivity contribution is 0.0963. The number of rotatable bonds is 4. The summed E-state index contributed by atoms with van der Waals surface area (Å²) >= 11 is 0. The molecule has 0 radical (unpaired) electrons. The Balaban J connectivity index is 1.41. The normalized spacial score (nSPS) is 20.5. The van der Waals surface area contributed by atoms with Crippen LogP contribution in [0.5, 0.6) is 0 Å². The highest BCUT2D eigenvalue weighted by molar-refractivity contribution is 5.80. The van der Waals surface area contributed by atoms with Gasteiger partial charge in [-0.05, 0) is 37.3 Å². The highest BCUT2D eigenvalue weighted by Gasteiger charge is 2.26. The van der Waals surface area contributed by atoms with Gasteiger partial charge >= 0.3 is 6.09 Å². The number of carbonyl (C=O) groups excluding carboxylic acids is 1. The molecule has 1 saturated heterocycles. The average molecular weight is 344 g/mol. The molecule has 0 bridgehead atoms. The lowest BCUT2D eigenvalue weighted by Gasteiger charge is -2.33. The second-order valence-corrected chi connectivity index (χ2v) is 6.66. The lowest BCUT2D eigenvalue weighted by Crippen LogP contribution is -2.50. The van der Waals surface area contributed by atoms with Gasteiger partial charge in [-0.2, -0.15) is 0 Å². The van der Waals surface area contributed by atoms with E-state index in [2.05, 4.69) is 39.9 Å². The highest BCUT2D eigenvalue weighted by Crippen LogP contribution is 2.33. The molecule has 1 aromatic rings. The van der Waals surface area contributed by atoms with Gasteiger partial charge in [-0.1, -0.05) is 24.3 Å². The first-order valence-corrected chi connectivity index (χ1v) is 9.18. The van der Waals surface area contributed by atoms with Crippen molar-refractivity contribution in [1.29, 1.82) is 0 Å². The first kappa shape index (κ1) is 17.6. The zero-order valence-electron chi connectivity index (χ0n) is 15.1. The van der Waals surface area contributed by atoms with E-state index in [4.69, 9.17) is 4.74 Å². The number of benzene rings is 1. The number of guanidine groups is 1. The van der Waals surface area contributed by atoms with E-state index in [0.29, 0.717) is 18.6 Å². The molecule has 0 spiro atoms. The number of carbonyl (C=O) groups is 1. The number of hydrogen-bond acceptors (Lipinski definition) is 3. The standard InChI is InChI=1S/C19H28N4O2/c1-3-25-19(24)23-10-8-16(9-11-23)22-18(20-2)21-13-15-12-14-6-4-5-7-17(14)15/h4-7,15-16H,3,8-13H2,1-2H3,(H2,20,21,22). The van der Waals surface area contributed by atoms with E-state index in [-0.39, 0.29) is 6.09 Å². The van der Waals surface area contributed by atoms with Gasteiger partial charge in [-0.25, -0.2) is 4.79 Å². The molecule has 0 saturated carbocycles. The van der Waals surface area contributed by atoms with Crippen molar-refractivity contribution in [2.45, 2.75) is 38.1 Å². The maximum Gasteiger partial charge on any atom is 0.409 e. The monoisotopic (exact) mass is 344 g/mol. The zero-order chi connectivity index (χ0) is 17.6. The van der Waals surface area contributed by atoms with Crippen LogP contribution in [-0.4, -0.2) is 56.3 Å². The molecule has 1 fully saturated rings. The van der Waals surface area contributed by atoms with Gasteiger partial charge in [-0.15, -0.1) is 0 Å². The second-order valence-electron chi connectivity index (χ2n) is 6.66. The quantitative estimate of drug-likeness (QED) is 0.649. The van der Waals surface area contributed by atoms with Gasteiger partial charge in [0.1, 0.15) is 0 Å². The third-order valence-electron chi connectivity index (χ3n) is 5.06. The maximum absolute atomic E-state index is 11.7. The Labute approximate surface area is 149 Å². The van der Waals surface area contributed by atoms with Crippen LogP contribution >= 0.6 is 0 Å². The van der Waals surface area contributed by atoms with Crippen LogP contribution in [0.15, 0.2) is 29.3 Å². The summed E-state index contributed by atoms with van der Waals surface area (Å²) in [6.45, 7) is 4.62. The van der Waals surface area contributed by atoms with Crippen LogP contribution < -0.4 is 10.6 Å². The largest absolute Gasteiger partial charge is 0.450 e. The van der Waals surface area contributed by atoms with Crippen molar-refractivity contribution >= 4 is 12.1 Å². The van der Waals surface area contributed by atoms with Crippen LogP contribution in [0.25, 0.3) is 0 Å². The minimum atomic E-state index is -0.202. The molecular formula is C19H28N4O2. The van der Waals surface area contributed by atoms with Gasteiger partial charge in [0.15, 0.2) is 5.96 Å². The average Bonchev–Trinajstić information content (AvgIpc) is 2.62. The molecule has 1 atom stereocenters. The molecule has 1 heterocycles. The van der Waals surface area contributed by atoms with Crippen LogP contribution in [-0.2, 0) is 11.2 Å². The van der Waals surface area contributed by atoms with E-state index < -0.39 is 0 Å². The van der Waals surface area contributed by atoms with Gasteiger partial charge in [0.05, 0.1) is 6.61 Å². The van der Waals surface area contributed by atoms with Crippen LogP contribution in [0.3, 0.4) is 0 Å². The van der Waals surface area contributed by atoms with E-state index in [0.717, 1.165) is 44.9 Å². The number of amides is 1. The van der Waals surface area contributed by atoms with Crippen molar-refractivity contribution in [3.05, 3.63) is 35.4 Å². The van der Waals surface area contributed by atoms with Gasteiger partial charge in [-0.3, -0.25) is 4.99 Å². The molecule has 1 amide bonds. The Bertz CT molecular complexity index is 624. The molecule has 2 aliphatic rings. The number of nitrogens with one attached hydrogen (secondary N) is 2. The van der Waals surface area contributed by atoms with Gasteiger partial charge < -0.3 is 20.3 Å². The molecule has 1 aromatic carbocycles. The molecule has 136 valence electrons. The fourth-order valence-corrected chi connectivity index (χ4v) is 3.57. The Morgan fingerprint density at radius 1 is 1.32 bits per heavy atom. The van der Waals surface area contributed by atoms with E-state index in [1.807, 2.05) is 6.92 Å². The summed E-state index contributed by atoms with van der Waals surface area (Å²) in [4.78, 5) is 17.9. The zero-order valence-corrected chi connectivity index (χ0v) is 15.1. The van der Waals surface area contributed by atoms with E-state index in [9.17, 15) is 4.79 Å². The fraction of sp³-hybridized carbons (Fsp3) is 0.579. The van der Waals surface area contributed by atoms with Crippen molar-refractivity contribution in [3.63, 3.8) is 0 Å². The molecule has 6 heteroatoms. The topological polar surface area (TPSA) is 66.0 Å². The molecular weight excluding hydrogens is 316 g/mol. The molecule has 25 heavy (non-hydrogen) atoms. The van der Waals surface area contributed by atoms with Crippen molar-refractivity contribution < 1.29 is 9.53 Å². The number of nitrogens with zero attached hydrogens (tertiary/aromatic N) is 2. The molecule has 1 unspecified atom stereocenters. The Kier molecular flexibility index (Phi) is 5.79. The summed E-state index contributed by atoms with van der Waals surface area (Å²) < 4.78 is 5.06. The second kappa shape index (κ2) is 8.23. The summed E-state index contributed by atoms with van der Waals surface area (Å²) in [5, 5.41) is 6.93. The minimum Gasteiger partial charge on any atom is -0.450 e. The Hall–Kier alpha value is -2.24. The first-order valence-electron chi connectivity index (χ1n) is 9.18. The first-order chi connectivity index (χ1) is 12.2. The summed E-state index contributed by atoms with van der Waals surface area (Å²) in [6, 6.07) is 8.97. The lowest BCUT2D eigenvalue weighted by atomic mass is 9.78. The van der Waals surface area contributed by atoms with Crippen LogP contribution in [0.4, 0.5) is 4.79 Å². The summed E-state index contributed by atoms with van der Waals surface area (Å²) in [6.07, 6.45) is 2.75. The summed E-state index contributed by atoms with van der Waals surface area (Å²) in [7, 11) is 1.80. The fourth-order valence-electron chi connectivity index (χ4n) is 3.57. The number of aliphatic imine (C=N–C) groups is 1. The predicted octanol–water partition coefficient (Wildman–Crippen LogP) is 2.11. The Morgan fingerprint density at radius 2 is 2.08 bits per heavy atom. The van der Waals surface area contributed by atoms with Crippen molar-refractivity contribution in [2.24, 2.45) is 4.99 Å². The summed E-state index contributed by atoms with van der Waals surface area (Å²) in [5.74, 6) is 1.42. The molecule has 0 aromatic heterocycles. The van der Waals surface area contributed by atoms with Crippen LogP contribution in [0, 0.1) is 0 Å². The summed E-state index contributed by atoms with van der Waals surface area (Å²) in [5.41, 5.74) is 2.91. The van der Waals surface area contributed by atoms with Gasteiger partial charge in [0.25, 0.3) is 0 Å². The number of fused-ring (bicyclic) bond motifs is 1. The van der Waals surface area contributed by atoms with E-state index in [1.165, 1.54) is 11.1 Å². The molecule has 1 aliphatic heterocycles. The van der Waals surface area contributed by atoms with Crippen LogP contribution in [0.1, 0.15) is 36.8 Å². The van der Waals surface area contributed by atoms with Crippen LogP contribution in [0.2, 0.25) is 0 Å². The van der Waals surface area contributed by atoms with E-state index in [1.54, 1.807) is 11.9 Å². The predicted molar refractivity (Wildman–Crippen MR) is 99.0 cm³/mol. The SMILES string of the molecule is CCOC(=O)N1CCC(NC(=NC)NCC2Cc3ccccc32)CC1. The Morgan fingerprint density at radius 3 is 2.76 bits per heavy atom. The van der Waals surface area contributed by atoms with Crippen molar-refractivity contribution in [1.82, 2.24) is 15.5 Å². The number of ether oxygens (including phenoxy) is 1. The molecule has 6 nitrogen and oxygen atoms in total. The number of likely N-dealkylation sites (tertiary alicyclic amines) is 1. The number of hydrogen-bond donors (Lipinski definition) is 2. The maximum atomic E-state index is 11.7. The molecule has 1 aliphatic carbocycles. The molecule has 2 N–H and O–H groups in total. The highest BCUT2D eigenvalue weighted by atomic mass is 16.6.